The fraction of sp³-hybridized carbons (Fsp3) is 0.231. The van der Waals surface area contributed by atoms with E-state index in [0.717, 1.165) is 16.8 Å². The van der Waals surface area contributed by atoms with Crippen LogP contribution in [-0.2, 0) is 16.1 Å². The maximum absolute atomic E-state index is 11.2. The molecule has 0 atom stereocenters. The summed E-state index contributed by atoms with van der Waals surface area (Å²) >= 11 is 0. The second-order valence-corrected chi connectivity index (χ2v) is 3.77. The minimum absolute atomic E-state index is 0.0700. The first-order chi connectivity index (χ1) is 8.79. The summed E-state index contributed by atoms with van der Waals surface area (Å²) in [6.45, 7) is 0.515. The molecule has 18 heavy (non-hydrogen) atoms. The zero-order valence-electron chi connectivity index (χ0n) is 10.1. The Balaban J connectivity index is 1.94. The van der Waals surface area contributed by atoms with E-state index in [0.29, 0.717) is 6.54 Å². The number of rotatable bonds is 5. The third-order valence-corrected chi connectivity index (χ3v) is 2.41. The van der Waals surface area contributed by atoms with Crippen molar-refractivity contribution in [3.05, 3.63) is 42.5 Å². The number of aromatic nitrogens is 1. The zero-order chi connectivity index (χ0) is 12.8. The Labute approximate surface area is 105 Å². The van der Waals surface area contributed by atoms with E-state index in [1.165, 1.54) is 7.11 Å². The third-order valence-electron chi connectivity index (χ3n) is 2.41. The lowest BCUT2D eigenvalue weighted by Gasteiger charge is -2.04. The largest absolute Gasteiger partial charge is 0.472 e. The van der Waals surface area contributed by atoms with Crippen LogP contribution in [0.3, 0.4) is 0 Å². The van der Waals surface area contributed by atoms with Crippen LogP contribution in [0.25, 0.3) is 11.3 Å². The molecule has 2 rings (SSSR count). The van der Waals surface area contributed by atoms with Crippen molar-refractivity contribution < 1.29 is 13.9 Å². The number of carbonyl (C=O) groups is 1. The molecule has 2 heterocycles. The fourth-order valence-electron chi connectivity index (χ4n) is 1.49. The molecule has 0 saturated heterocycles. The molecule has 0 bridgehead atoms. The van der Waals surface area contributed by atoms with E-state index >= 15 is 0 Å². The standard InChI is InChI=1S/C13H14N2O3/c1-17-9-13(16)15-7-10-2-3-12(14-6-10)11-4-5-18-8-11/h2-6,8H,7,9H2,1H3,(H,15,16). The summed E-state index contributed by atoms with van der Waals surface area (Å²) < 4.78 is 9.72. The Morgan fingerprint density at radius 1 is 1.44 bits per heavy atom. The van der Waals surface area contributed by atoms with Crippen LogP contribution in [0.15, 0.2) is 41.3 Å². The van der Waals surface area contributed by atoms with E-state index < -0.39 is 0 Å². The average Bonchev–Trinajstić information content (AvgIpc) is 2.91. The Kier molecular flexibility index (Phi) is 4.09. The molecule has 5 heteroatoms. The van der Waals surface area contributed by atoms with Gasteiger partial charge in [-0.05, 0) is 17.7 Å². The second-order valence-electron chi connectivity index (χ2n) is 3.77. The van der Waals surface area contributed by atoms with Gasteiger partial charge in [-0.1, -0.05) is 6.07 Å². The van der Waals surface area contributed by atoms with Gasteiger partial charge < -0.3 is 14.5 Å². The number of pyridine rings is 1. The molecule has 2 aromatic rings. The van der Waals surface area contributed by atoms with Crippen LogP contribution >= 0.6 is 0 Å². The van der Waals surface area contributed by atoms with Gasteiger partial charge in [-0.3, -0.25) is 9.78 Å². The Morgan fingerprint density at radius 3 is 2.94 bits per heavy atom. The van der Waals surface area contributed by atoms with Gasteiger partial charge in [0.2, 0.25) is 5.91 Å². The predicted octanol–water partition coefficient (Wildman–Crippen LogP) is 1.60. The molecule has 0 unspecified atom stereocenters. The van der Waals surface area contributed by atoms with E-state index in [2.05, 4.69) is 10.3 Å². The van der Waals surface area contributed by atoms with Gasteiger partial charge in [-0.15, -0.1) is 0 Å². The number of ether oxygens (including phenoxy) is 1. The van der Waals surface area contributed by atoms with Gasteiger partial charge in [0, 0.05) is 25.4 Å². The molecule has 0 radical (unpaired) electrons. The van der Waals surface area contributed by atoms with Crippen molar-refractivity contribution in [2.45, 2.75) is 6.54 Å². The first kappa shape index (κ1) is 12.3. The van der Waals surface area contributed by atoms with Crippen LogP contribution in [0.4, 0.5) is 0 Å². The SMILES string of the molecule is COCC(=O)NCc1ccc(-c2ccoc2)nc1. The van der Waals surface area contributed by atoms with E-state index in [9.17, 15) is 4.79 Å². The number of nitrogens with zero attached hydrogens (tertiary/aromatic N) is 1. The van der Waals surface area contributed by atoms with Gasteiger partial charge in [0.1, 0.15) is 6.61 Å². The number of hydrogen-bond acceptors (Lipinski definition) is 4. The minimum Gasteiger partial charge on any atom is -0.472 e. The van der Waals surface area contributed by atoms with Crippen molar-refractivity contribution in [2.24, 2.45) is 0 Å². The van der Waals surface area contributed by atoms with Crippen molar-refractivity contribution in [2.75, 3.05) is 13.7 Å². The summed E-state index contributed by atoms with van der Waals surface area (Å²) in [5.41, 5.74) is 2.72. The van der Waals surface area contributed by atoms with Crippen molar-refractivity contribution in [3.63, 3.8) is 0 Å². The lowest BCUT2D eigenvalue weighted by Crippen LogP contribution is -2.26. The molecule has 1 N–H and O–H groups in total. The summed E-state index contributed by atoms with van der Waals surface area (Å²) in [6, 6.07) is 5.66. The molecular weight excluding hydrogens is 232 g/mol. The van der Waals surface area contributed by atoms with Gasteiger partial charge in [0.25, 0.3) is 0 Å². The molecule has 5 nitrogen and oxygen atoms in total. The smallest absolute Gasteiger partial charge is 0.246 e. The van der Waals surface area contributed by atoms with E-state index in [1.54, 1.807) is 18.7 Å². The normalized spacial score (nSPS) is 10.3. The van der Waals surface area contributed by atoms with Crippen LogP contribution in [-0.4, -0.2) is 24.6 Å². The Hall–Kier alpha value is -2.14. The molecule has 0 aliphatic rings. The number of hydrogen-bond donors (Lipinski definition) is 1. The molecule has 0 fully saturated rings. The summed E-state index contributed by atoms with van der Waals surface area (Å²) in [5.74, 6) is -0.142. The maximum atomic E-state index is 11.2. The van der Waals surface area contributed by atoms with E-state index in [4.69, 9.17) is 9.15 Å². The highest BCUT2D eigenvalue weighted by Gasteiger charge is 2.02. The van der Waals surface area contributed by atoms with E-state index in [-0.39, 0.29) is 12.5 Å². The summed E-state index contributed by atoms with van der Waals surface area (Å²) in [7, 11) is 1.49. The lowest BCUT2D eigenvalue weighted by molar-refractivity contribution is -0.124. The quantitative estimate of drug-likeness (QED) is 0.870. The summed E-state index contributed by atoms with van der Waals surface area (Å²) in [6.07, 6.45) is 4.98. The van der Waals surface area contributed by atoms with Gasteiger partial charge in [0.15, 0.2) is 0 Å². The number of amides is 1. The highest BCUT2D eigenvalue weighted by Crippen LogP contribution is 2.16. The van der Waals surface area contributed by atoms with Gasteiger partial charge >= 0.3 is 0 Å². The molecule has 1 amide bonds. The number of methoxy groups -OCH3 is 1. The summed E-state index contributed by atoms with van der Waals surface area (Å²) in [5, 5.41) is 2.73. The first-order valence-corrected chi connectivity index (χ1v) is 5.52. The maximum Gasteiger partial charge on any atom is 0.246 e. The van der Waals surface area contributed by atoms with Crippen molar-refractivity contribution >= 4 is 5.91 Å². The van der Waals surface area contributed by atoms with Gasteiger partial charge in [-0.25, -0.2) is 0 Å². The van der Waals surface area contributed by atoms with E-state index in [1.807, 2.05) is 18.2 Å². The molecule has 0 aromatic carbocycles. The zero-order valence-corrected chi connectivity index (χ0v) is 10.1. The van der Waals surface area contributed by atoms with Crippen molar-refractivity contribution in [3.8, 4) is 11.3 Å². The Morgan fingerprint density at radius 2 is 2.33 bits per heavy atom. The molecule has 94 valence electrons. The Bertz CT molecular complexity index is 491. The van der Waals surface area contributed by atoms with Gasteiger partial charge in [0.05, 0.1) is 18.2 Å². The molecule has 2 aromatic heterocycles. The van der Waals surface area contributed by atoms with Crippen molar-refractivity contribution in [1.82, 2.24) is 10.3 Å². The van der Waals surface area contributed by atoms with Crippen molar-refractivity contribution in [1.29, 1.82) is 0 Å². The number of furan rings is 1. The highest BCUT2D eigenvalue weighted by molar-refractivity contribution is 5.77. The van der Waals surface area contributed by atoms with Crippen LogP contribution in [0, 0.1) is 0 Å². The average molecular weight is 246 g/mol. The lowest BCUT2D eigenvalue weighted by atomic mass is 10.2. The predicted molar refractivity (Wildman–Crippen MR) is 65.7 cm³/mol. The molecule has 0 aliphatic heterocycles. The summed E-state index contributed by atoms with van der Waals surface area (Å²) in [4.78, 5) is 15.5. The van der Waals surface area contributed by atoms with Crippen LogP contribution in [0.5, 0.6) is 0 Å². The highest BCUT2D eigenvalue weighted by atomic mass is 16.5. The second kappa shape index (κ2) is 5.97. The molecular formula is C13H14N2O3. The molecule has 0 spiro atoms. The van der Waals surface area contributed by atoms with Crippen LogP contribution in [0.1, 0.15) is 5.56 Å². The third kappa shape index (κ3) is 3.18. The number of nitrogens with one attached hydrogen (secondary N) is 1. The number of carbonyl (C=O) groups excluding carboxylic acids is 1. The monoisotopic (exact) mass is 246 g/mol. The first-order valence-electron chi connectivity index (χ1n) is 5.52. The fourth-order valence-corrected chi connectivity index (χ4v) is 1.49. The van der Waals surface area contributed by atoms with Crippen LogP contribution in [0.2, 0.25) is 0 Å². The van der Waals surface area contributed by atoms with Gasteiger partial charge in [-0.2, -0.15) is 0 Å². The molecule has 0 saturated carbocycles. The molecule has 0 aliphatic carbocycles. The minimum atomic E-state index is -0.142. The van der Waals surface area contributed by atoms with Crippen LogP contribution < -0.4 is 5.32 Å². The topological polar surface area (TPSA) is 64.4 Å².